The Kier molecular flexibility index (Phi) is 6.05. The number of nitrogens with one attached hydrogen (secondary N) is 1. The molecular weight excluding hydrogens is 232 g/mol. The second-order valence-electron chi connectivity index (χ2n) is 5.05. The Hall–Kier alpha value is -0.650. The van der Waals surface area contributed by atoms with Crippen molar-refractivity contribution < 1.29 is 14.3 Å². The SMILES string of the molecule is CCNC(C)(CCN1CCC(OC)C1)C(=O)OC. The highest BCUT2D eigenvalue weighted by Gasteiger charge is 2.34. The van der Waals surface area contributed by atoms with Gasteiger partial charge in [-0.05, 0) is 26.3 Å². The Bertz CT molecular complexity index is 273. The number of methoxy groups -OCH3 is 2. The second kappa shape index (κ2) is 7.07. The molecule has 0 saturated carbocycles. The molecule has 2 atom stereocenters. The third-order valence-corrected chi connectivity index (χ3v) is 3.69. The standard InChI is InChI=1S/C13H26N2O3/c1-5-14-13(2,12(16)18-4)7-9-15-8-6-11(10-15)17-3/h11,14H,5-10H2,1-4H3. The lowest BCUT2D eigenvalue weighted by Crippen LogP contribution is -2.51. The van der Waals surface area contributed by atoms with Gasteiger partial charge in [-0.3, -0.25) is 4.79 Å². The van der Waals surface area contributed by atoms with Crippen LogP contribution in [0.2, 0.25) is 0 Å². The van der Waals surface area contributed by atoms with E-state index in [1.807, 2.05) is 13.8 Å². The summed E-state index contributed by atoms with van der Waals surface area (Å²) >= 11 is 0. The molecule has 5 heteroatoms. The summed E-state index contributed by atoms with van der Waals surface area (Å²) in [6, 6.07) is 0. The number of rotatable bonds is 7. The van der Waals surface area contributed by atoms with Gasteiger partial charge in [-0.25, -0.2) is 0 Å². The number of ether oxygens (including phenoxy) is 2. The van der Waals surface area contributed by atoms with E-state index in [2.05, 4.69) is 10.2 Å². The Balaban J connectivity index is 2.45. The maximum Gasteiger partial charge on any atom is 0.325 e. The van der Waals surface area contributed by atoms with Crippen molar-refractivity contribution in [3.8, 4) is 0 Å². The van der Waals surface area contributed by atoms with Gasteiger partial charge in [-0.2, -0.15) is 0 Å². The van der Waals surface area contributed by atoms with Crippen LogP contribution >= 0.6 is 0 Å². The summed E-state index contributed by atoms with van der Waals surface area (Å²) in [5, 5.41) is 3.23. The third-order valence-electron chi connectivity index (χ3n) is 3.69. The van der Waals surface area contributed by atoms with E-state index in [0.717, 1.165) is 39.0 Å². The molecule has 2 unspecified atom stereocenters. The lowest BCUT2D eigenvalue weighted by molar-refractivity contribution is -0.148. The number of esters is 1. The second-order valence-corrected chi connectivity index (χ2v) is 5.05. The van der Waals surface area contributed by atoms with Crippen molar-refractivity contribution in [2.75, 3.05) is 40.4 Å². The summed E-state index contributed by atoms with van der Waals surface area (Å²) in [5.74, 6) is -0.188. The molecule has 106 valence electrons. The van der Waals surface area contributed by atoms with Crippen molar-refractivity contribution in [3.63, 3.8) is 0 Å². The molecule has 0 amide bonds. The molecule has 1 rings (SSSR count). The van der Waals surface area contributed by atoms with E-state index in [9.17, 15) is 4.79 Å². The largest absolute Gasteiger partial charge is 0.468 e. The normalized spacial score (nSPS) is 23.9. The summed E-state index contributed by atoms with van der Waals surface area (Å²) in [6.45, 7) is 7.55. The van der Waals surface area contributed by atoms with Crippen LogP contribution in [0, 0.1) is 0 Å². The molecule has 0 aromatic heterocycles. The van der Waals surface area contributed by atoms with Gasteiger partial charge in [-0.1, -0.05) is 6.92 Å². The van der Waals surface area contributed by atoms with E-state index in [-0.39, 0.29) is 5.97 Å². The number of carbonyl (C=O) groups is 1. The van der Waals surface area contributed by atoms with E-state index < -0.39 is 5.54 Å². The Labute approximate surface area is 110 Å². The van der Waals surface area contributed by atoms with Gasteiger partial charge < -0.3 is 19.7 Å². The van der Waals surface area contributed by atoms with Crippen molar-refractivity contribution in [2.45, 2.75) is 38.3 Å². The van der Waals surface area contributed by atoms with Gasteiger partial charge in [-0.15, -0.1) is 0 Å². The van der Waals surface area contributed by atoms with Crippen LogP contribution in [0.1, 0.15) is 26.7 Å². The first-order valence-electron chi connectivity index (χ1n) is 6.64. The smallest absolute Gasteiger partial charge is 0.325 e. The van der Waals surface area contributed by atoms with Crippen LogP contribution < -0.4 is 5.32 Å². The number of hydrogen-bond acceptors (Lipinski definition) is 5. The van der Waals surface area contributed by atoms with Gasteiger partial charge in [0, 0.05) is 26.7 Å². The lowest BCUT2D eigenvalue weighted by Gasteiger charge is -2.29. The topological polar surface area (TPSA) is 50.8 Å². The van der Waals surface area contributed by atoms with Gasteiger partial charge in [0.05, 0.1) is 13.2 Å². The highest BCUT2D eigenvalue weighted by Crippen LogP contribution is 2.17. The summed E-state index contributed by atoms with van der Waals surface area (Å²) in [6.07, 6.45) is 2.17. The molecule has 1 saturated heterocycles. The molecule has 0 bridgehead atoms. The average Bonchev–Trinajstić information content (AvgIpc) is 2.83. The molecule has 0 spiro atoms. The average molecular weight is 258 g/mol. The maximum absolute atomic E-state index is 11.8. The van der Waals surface area contributed by atoms with Crippen molar-refractivity contribution in [2.24, 2.45) is 0 Å². The first-order chi connectivity index (χ1) is 8.55. The quantitative estimate of drug-likeness (QED) is 0.679. The van der Waals surface area contributed by atoms with Gasteiger partial charge in [0.25, 0.3) is 0 Å². The summed E-state index contributed by atoms with van der Waals surface area (Å²) in [5.41, 5.74) is -0.589. The minimum absolute atomic E-state index is 0.188. The van der Waals surface area contributed by atoms with Gasteiger partial charge in [0.2, 0.25) is 0 Å². The molecule has 1 fully saturated rings. The van der Waals surface area contributed by atoms with Crippen LogP contribution in [-0.2, 0) is 14.3 Å². The van der Waals surface area contributed by atoms with Crippen LogP contribution in [-0.4, -0.2) is 62.9 Å². The Morgan fingerprint density at radius 2 is 2.22 bits per heavy atom. The number of likely N-dealkylation sites (N-methyl/N-ethyl adjacent to an activating group) is 1. The monoisotopic (exact) mass is 258 g/mol. The highest BCUT2D eigenvalue weighted by atomic mass is 16.5. The molecule has 5 nitrogen and oxygen atoms in total. The summed E-state index contributed by atoms with van der Waals surface area (Å²) < 4.78 is 10.2. The van der Waals surface area contributed by atoms with E-state index in [1.165, 1.54) is 7.11 Å². The first-order valence-corrected chi connectivity index (χ1v) is 6.64. The molecule has 1 heterocycles. The Morgan fingerprint density at radius 1 is 1.50 bits per heavy atom. The van der Waals surface area contributed by atoms with Crippen LogP contribution in [0.5, 0.6) is 0 Å². The predicted molar refractivity (Wildman–Crippen MR) is 70.6 cm³/mol. The maximum atomic E-state index is 11.8. The minimum Gasteiger partial charge on any atom is -0.468 e. The molecule has 0 aliphatic carbocycles. The summed E-state index contributed by atoms with van der Waals surface area (Å²) in [4.78, 5) is 14.2. The van der Waals surface area contributed by atoms with Gasteiger partial charge >= 0.3 is 5.97 Å². The van der Waals surface area contributed by atoms with Crippen molar-refractivity contribution in [1.29, 1.82) is 0 Å². The number of hydrogen-bond donors (Lipinski definition) is 1. The van der Waals surface area contributed by atoms with Crippen LogP contribution in [0.15, 0.2) is 0 Å². The molecule has 0 radical (unpaired) electrons. The van der Waals surface area contributed by atoms with Crippen LogP contribution in [0.4, 0.5) is 0 Å². The molecule has 0 aromatic rings. The van der Waals surface area contributed by atoms with Crippen LogP contribution in [0.25, 0.3) is 0 Å². The molecule has 1 aliphatic heterocycles. The van der Waals surface area contributed by atoms with Gasteiger partial charge in [0.1, 0.15) is 5.54 Å². The van der Waals surface area contributed by atoms with E-state index in [0.29, 0.717) is 6.10 Å². The summed E-state index contributed by atoms with van der Waals surface area (Å²) in [7, 11) is 3.19. The molecule has 1 aliphatic rings. The third kappa shape index (κ3) is 3.93. The molecule has 1 N–H and O–H groups in total. The van der Waals surface area contributed by atoms with Crippen molar-refractivity contribution in [3.05, 3.63) is 0 Å². The zero-order valence-electron chi connectivity index (χ0n) is 12.0. The predicted octanol–water partition coefficient (Wildman–Crippen LogP) is 0.638. The zero-order chi connectivity index (χ0) is 13.6. The van der Waals surface area contributed by atoms with E-state index >= 15 is 0 Å². The minimum atomic E-state index is -0.589. The van der Waals surface area contributed by atoms with E-state index in [1.54, 1.807) is 7.11 Å². The van der Waals surface area contributed by atoms with E-state index in [4.69, 9.17) is 9.47 Å². The number of likely N-dealkylation sites (tertiary alicyclic amines) is 1. The highest BCUT2D eigenvalue weighted by molar-refractivity contribution is 5.80. The number of carbonyl (C=O) groups excluding carboxylic acids is 1. The molecule has 18 heavy (non-hydrogen) atoms. The number of nitrogens with zero attached hydrogens (tertiary/aromatic N) is 1. The van der Waals surface area contributed by atoms with Gasteiger partial charge in [0.15, 0.2) is 0 Å². The Morgan fingerprint density at radius 3 is 2.72 bits per heavy atom. The molecular formula is C13H26N2O3. The van der Waals surface area contributed by atoms with Crippen molar-refractivity contribution in [1.82, 2.24) is 10.2 Å². The first kappa shape index (κ1) is 15.4. The fraction of sp³-hybridized carbons (Fsp3) is 0.923. The van der Waals surface area contributed by atoms with Crippen LogP contribution in [0.3, 0.4) is 0 Å². The fourth-order valence-electron chi connectivity index (χ4n) is 2.45. The molecule has 0 aromatic carbocycles. The van der Waals surface area contributed by atoms with Crippen molar-refractivity contribution >= 4 is 5.97 Å². The fourth-order valence-corrected chi connectivity index (χ4v) is 2.45. The zero-order valence-corrected chi connectivity index (χ0v) is 12.0. The lowest BCUT2D eigenvalue weighted by atomic mass is 9.97.